The van der Waals surface area contributed by atoms with E-state index in [2.05, 4.69) is 25.1 Å². The molecule has 4 rings (SSSR count). The Morgan fingerprint density at radius 3 is 2.62 bits per heavy atom. The van der Waals surface area contributed by atoms with Crippen molar-refractivity contribution in [1.29, 1.82) is 0 Å². The molecule has 0 aromatic carbocycles. The summed E-state index contributed by atoms with van der Waals surface area (Å²) in [4.78, 5) is 15.8. The van der Waals surface area contributed by atoms with Crippen molar-refractivity contribution in [1.82, 2.24) is 25.1 Å². The van der Waals surface area contributed by atoms with Gasteiger partial charge >= 0.3 is 0 Å². The van der Waals surface area contributed by atoms with Crippen LogP contribution >= 0.6 is 0 Å². The van der Waals surface area contributed by atoms with Crippen molar-refractivity contribution in [2.24, 2.45) is 5.73 Å². The number of nitrogens with two attached hydrogens (primary N) is 1. The Morgan fingerprint density at radius 2 is 1.88 bits per heavy atom. The van der Waals surface area contributed by atoms with Gasteiger partial charge in [-0.05, 0) is 38.5 Å². The first kappa shape index (κ1) is 17.2. The SMILES string of the molecule is NCc1nc(C2CCN(c3cncc(OC4CCCCC4)n3)CC2)n[nH]1. The van der Waals surface area contributed by atoms with E-state index in [0.717, 1.165) is 56.2 Å². The van der Waals surface area contributed by atoms with Crippen molar-refractivity contribution in [3.05, 3.63) is 24.0 Å². The fourth-order valence-electron chi connectivity index (χ4n) is 3.85. The third-order valence-electron chi connectivity index (χ3n) is 5.37. The van der Waals surface area contributed by atoms with E-state index in [1.807, 2.05) is 6.20 Å². The van der Waals surface area contributed by atoms with Crippen LogP contribution in [0.1, 0.15) is 62.5 Å². The van der Waals surface area contributed by atoms with Gasteiger partial charge in [0.05, 0.1) is 18.9 Å². The summed E-state index contributed by atoms with van der Waals surface area (Å²) in [6, 6.07) is 0. The zero-order valence-electron chi connectivity index (χ0n) is 15.1. The molecule has 2 fully saturated rings. The maximum atomic E-state index is 6.06. The van der Waals surface area contributed by atoms with E-state index in [1.54, 1.807) is 6.20 Å². The molecule has 8 heteroatoms. The molecular weight excluding hydrogens is 330 g/mol. The van der Waals surface area contributed by atoms with E-state index in [-0.39, 0.29) is 0 Å². The predicted octanol–water partition coefficient (Wildman–Crippen LogP) is 2.15. The molecule has 26 heavy (non-hydrogen) atoms. The Labute approximate surface area is 153 Å². The van der Waals surface area contributed by atoms with Gasteiger partial charge in [-0.1, -0.05) is 6.42 Å². The first-order valence-electron chi connectivity index (χ1n) is 9.66. The topological polar surface area (TPSA) is 106 Å². The summed E-state index contributed by atoms with van der Waals surface area (Å²) in [5.74, 6) is 3.55. The second-order valence-electron chi connectivity index (χ2n) is 7.20. The largest absolute Gasteiger partial charge is 0.473 e. The van der Waals surface area contributed by atoms with Crippen molar-refractivity contribution in [3.63, 3.8) is 0 Å². The molecule has 2 aromatic rings. The van der Waals surface area contributed by atoms with Crippen LogP contribution in [-0.4, -0.2) is 44.3 Å². The molecule has 0 atom stereocenters. The summed E-state index contributed by atoms with van der Waals surface area (Å²) in [6.45, 7) is 2.23. The number of rotatable bonds is 5. The average molecular weight is 357 g/mol. The van der Waals surface area contributed by atoms with Gasteiger partial charge in [-0.3, -0.25) is 10.1 Å². The molecule has 0 spiro atoms. The molecule has 140 valence electrons. The highest BCUT2D eigenvalue weighted by Gasteiger charge is 2.25. The minimum atomic E-state index is 0.293. The minimum Gasteiger partial charge on any atom is -0.473 e. The van der Waals surface area contributed by atoms with E-state index in [1.165, 1.54) is 19.3 Å². The summed E-state index contributed by atoms with van der Waals surface area (Å²) >= 11 is 0. The Balaban J connectivity index is 1.35. The molecule has 1 saturated carbocycles. The van der Waals surface area contributed by atoms with Crippen LogP contribution in [0.2, 0.25) is 0 Å². The molecule has 2 aliphatic rings. The Kier molecular flexibility index (Phi) is 5.29. The lowest BCUT2D eigenvalue weighted by Crippen LogP contribution is -2.34. The van der Waals surface area contributed by atoms with Crippen molar-refractivity contribution in [3.8, 4) is 5.88 Å². The number of nitrogens with one attached hydrogen (secondary N) is 1. The Morgan fingerprint density at radius 1 is 1.08 bits per heavy atom. The van der Waals surface area contributed by atoms with Gasteiger partial charge in [0, 0.05) is 19.0 Å². The van der Waals surface area contributed by atoms with Gasteiger partial charge in [-0.2, -0.15) is 10.1 Å². The van der Waals surface area contributed by atoms with Crippen LogP contribution in [0.3, 0.4) is 0 Å². The van der Waals surface area contributed by atoms with Gasteiger partial charge in [-0.15, -0.1) is 0 Å². The number of aromatic amines is 1. The normalized spacial score (nSPS) is 19.7. The lowest BCUT2D eigenvalue weighted by molar-refractivity contribution is 0.148. The molecule has 1 aliphatic heterocycles. The van der Waals surface area contributed by atoms with Gasteiger partial charge in [0.15, 0.2) is 11.6 Å². The number of aromatic nitrogens is 5. The quantitative estimate of drug-likeness (QED) is 0.844. The maximum Gasteiger partial charge on any atom is 0.234 e. The Bertz CT molecular complexity index is 705. The first-order valence-corrected chi connectivity index (χ1v) is 9.66. The summed E-state index contributed by atoms with van der Waals surface area (Å²) in [5, 5.41) is 7.21. The zero-order valence-corrected chi connectivity index (χ0v) is 15.1. The zero-order chi connectivity index (χ0) is 17.8. The fraction of sp³-hybridized carbons (Fsp3) is 0.667. The van der Waals surface area contributed by atoms with Gasteiger partial charge in [0.1, 0.15) is 11.9 Å². The van der Waals surface area contributed by atoms with E-state index in [4.69, 9.17) is 15.5 Å². The second-order valence-corrected chi connectivity index (χ2v) is 7.20. The van der Waals surface area contributed by atoms with Gasteiger partial charge < -0.3 is 15.4 Å². The lowest BCUT2D eigenvalue weighted by Gasteiger charge is -2.31. The first-order chi connectivity index (χ1) is 12.8. The number of hydrogen-bond acceptors (Lipinski definition) is 7. The van der Waals surface area contributed by atoms with Gasteiger partial charge in [-0.25, -0.2) is 4.98 Å². The van der Waals surface area contributed by atoms with Crippen molar-refractivity contribution >= 4 is 5.82 Å². The highest BCUT2D eigenvalue weighted by Crippen LogP contribution is 2.29. The molecule has 0 amide bonds. The minimum absolute atomic E-state index is 0.293. The predicted molar refractivity (Wildman–Crippen MR) is 98.0 cm³/mol. The summed E-state index contributed by atoms with van der Waals surface area (Å²) in [7, 11) is 0. The van der Waals surface area contributed by atoms with E-state index < -0.39 is 0 Å². The summed E-state index contributed by atoms with van der Waals surface area (Å²) in [5.41, 5.74) is 5.60. The number of piperidine rings is 1. The molecular formula is C18H27N7O. The maximum absolute atomic E-state index is 6.06. The lowest BCUT2D eigenvalue weighted by atomic mass is 9.96. The number of hydrogen-bond donors (Lipinski definition) is 2. The van der Waals surface area contributed by atoms with E-state index >= 15 is 0 Å². The third kappa shape index (κ3) is 3.95. The third-order valence-corrected chi connectivity index (χ3v) is 5.37. The van der Waals surface area contributed by atoms with Crippen molar-refractivity contribution in [2.45, 2.75) is 63.5 Å². The second kappa shape index (κ2) is 7.99. The average Bonchev–Trinajstić information content (AvgIpc) is 3.18. The smallest absolute Gasteiger partial charge is 0.234 e. The number of nitrogens with zero attached hydrogens (tertiary/aromatic N) is 5. The molecule has 3 heterocycles. The molecule has 2 aromatic heterocycles. The highest BCUT2D eigenvalue weighted by molar-refractivity contribution is 5.38. The molecule has 3 N–H and O–H groups in total. The molecule has 1 aliphatic carbocycles. The fourth-order valence-corrected chi connectivity index (χ4v) is 3.85. The molecule has 0 radical (unpaired) electrons. The van der Waals surface area contributed by atoms with Crippen molar-refractivity contribution in [2.75, 3.05) is 18.0 Å². The van der Waals surface area contributed by atoms with Crippen LogP contribution in [0.25, 0.3) is 0 Å². The monoisotopic (exact) mass is 357 g/mol. The number of ether oxygens (including phenoxy) is 1. The summed E-state index contributed by atoms with van der Waals surface area (Å²) < 4.78 is 6.06. The molecule has 0 bridgehead atoms. The summed E-state index contributed by atoms with van der Waals surface area (Å²) in [6.07, 6.45) is 11.9. The van der Waals surface area contributed by atoms with Crippen LogP contribution < -0.4 is 15.4 Å². The van der Waals surface area contributed by atoms with Gasteiger partial charge in [0.2, 0.25) is 5.88 Å². The number of H-pyrrole nitrogens is 1. The standard InChI is InChI=1S/C18H27N7O/c19-10-15-21-18(24-23-15)13-6-8-25(9-7-13)16-11-20-12-17(22-16)26-14-4-2-1-3-5-14/h11-14H,1-10,19H2,(H,21,23,24). The van der Waals surface area contributed by atoms with Crippen LogP contribution in [0.15, 0.2) is 12.4 Å². The highest BCUT2D eigenvalue weighted by atomic mass is 16.5. The van der Waals surface area contributed by atoms with Crippen LogP contribution in [-0.2, 0) is 6.54 Å². The van der Waals surface area contributed by atoms with E-state index in [9.17, 15) is 0 Å². The van der Waals surface area contributed by atoms with Crippen molar-refractivity contribution < 1.29 is 4.74 Å². The molecule has 8 nitrogen and oxygen atoms in total. The molecule has 0 unspecified atom stereocenters. The van der Waals surface area contributed by atoms with E-state index in [0.29, 0.717) is 24.4 Å². The van der Waals surface area contributed by atoms with Crippen LogP contribution in [0, 0.1) is 0 Å². The number of anilines is 1. The van der Waals surface area contributed by atoms with Crippen LogP contribution in [0.5, 0.6) is 5.88 Å². The molecule has 1 saturated heterocycles. The van der Waals surface area contributed by atoms with Gasteiger partial charge in [0.25, 0.3) is 0 Å². The van der Waals surface area contributed by atoms with Crippen LogP contribution in [0.4, 0.5) is 5.82 Å². The Hall–Kier alpha value is -2.22.